The van der Waals surface area contributed by atoms with Gasteiger partial charge in [0, 0.05) is 38.3 Å². The molecule has 2 aromatic heterocycles. The van der Waals surface area contributed by atoms with Crippen molar-refractivity contribution >= 4 is 28.5 Å². The second-order valence-corrected chi connectivity index (χ2v) is 10.8. The summed E-state index contributed by atoms with van der Waals surface area (Å²) in [6, 6.07) is 16.8. The zero-order valence-corrected chi connectivity index (χ0v) is 23.8. The molecule has 0 saturated carbocycles. The van der Waals surface area contributed by atoms with E-state index in [1.165, 1.54) is 10.9 Å². The maximum Gasteiger partial charge on any atom is 0.278 e. The summed E-state index contributed by atoms with van der Waals surface area (Å²) < 4.78 is 14.1. The van der Waals surface area contributed by atoms with Crippen molar-refractivity contribution in [1.29, 1.82) is 0 Å². The molecule has 218 valence electrons. The lowest BCUT2D eigenvalue weighted by Crippen LogP contribution is -2.41. The van der Waals surface area contributed by atoms with Crippen LogP contribution < -0.4 is 15.2 Å². The van der Waals surface area contributed by atoms with Crippen molar-refractivity contribution in [3.8, 4) is 5.75 Å². The lowest BCUT2D eigenvalue weighted by atomic mass is 10.1. The van der Waals surface area contributed by atoms with Crippen molar-refractivity contribution in [3.63, 3.8) is 0 Å². The molecule has 4 heterocycles. The molecule has 6 rings (SSSR count). The monoisotopic (exact) mass is 569 g/mol. The Morgan fingerprint density at radius 3 is 2.45 bits per heavy atom. The highest BCUT2D eigenvalue weighted by Gasteiger charge is 2.33. The first-order chi connectivity index (χ1) is 20.5. The number of carbonyl (C=O) groups excluding carboxylic acids is 2. The molecule has 2 fully saturated rings. The topological polar surface area (TPSA) is 98.9 Å². The van der Waals surface area contributed by atoms with Gasteiger partial charge in [-0.3, -0.25) is 19.0 Å². The number of methoxy groups -OCH3 is 1. The molecular weight excluding hydrogens is 534 g/mol. The summed E-state index contributed by atoms with van der Waals surface area (Å²) in [5.74, 6) is 0.912. The van der Waals surface area contributed by atoms with Crippen molar-refractivity contribution in [2.24, 2.45) is 0 Å². The van der Waals surface area contributed by atoms with E-state index < -0.39 is 0 Å². The number of morpholine rings is 1. The van der Waals surface area contributed by atoms with Gasteiger partial charge in [0.1, 0.15) is 28.2 Å². The molecule has 0 spiro atoms. The molecule has 2 saturated heterocycles. The first-order valence-electron chi connectivity index (χ1n) is 14.5. The van der Waals surface area contributed by atoms with E-state index in [1.807, 2.05) is 34.9 Å². The van der Waals surface area contributed by atoms with Gasteiger partial charge in [0.05, 0.1) is 33.2 Å². The Morgan fingerprint density at radius 2 is 1.71 bits per heavy atom. The SMILES string of the molecule is COc1cccc(C(=O)Cn2cnc3c(C(=O)N4CCOCC4)c(N4CCCCC4)n(Cc4ccccc4)c3c2=O)c1. The van der Waals surface area contributed by atoms with E-state index in [4.69, 9.17) is 14.5 Å². The Balaban J connectivity index is 1.52. The highest BCUT2D eigenvalue weighted by Crippen LogP contribution is 2.34. The molecule has 0 radical (unpaired) electrons. The highest BCUT2D eigenvalue weighted by molar-refractivity contribution is 6.11. The van der Waals surface area contributed by atoms with Gasteiger partial charge >= 0.3 is 0 Å². The molecule has 4 aromatic rings. The van der Waals surface area contributed by atoms with Crippen molar-refractivity contribution in [2.75, 3.05) is 51.4 Å². The summed E-state index contributed by atoms with van der Waals surface area (Å²) in [6.07, 6.45) is 4.53. The smallest absolute Gasteiger partial charge is 0.278 e. The predicted octanol–water partition coefficient (Wildman–Crippen LogP) is 3.60. The van der Waals surface area contributed by atoms with Crippen molar-refractivity contribution in [1.82, 2.24) is 19.0 Å². The summed E-state index contributed by atoms with van der Waals surface area (Å²) in [5, 5.41) is 0. The molecular formula is C32H35N5O5. The zero-order valence-electron chi connectivity index (χ0n) is 23.8. The van der Waals surface area contributed by atoms with E-state index in [0.717, 1.165) is 43.7 Å². The number of benzene rings is 2. The van der Waals surface area contributed by atoms with E-state index in [1.54, 1.807) is 36.3 Å². The predicted molar refractivity (Wildman–Crippen MR) is 160 cm³/mol. The normalized spacial score (nSPS) is 15.6. The summed E-state index contributed by atoms with van der Waals surface area (Å²) >= 11 is 0. The van der Waals surface area contributed by atoms with Crippen molar-refractivity contribution < 1.29 is 19.1 Å². The summed E-state index contributed by atoms with van der Waals surface area (Å²) in [7, 11) is 1.54. The van der Waals surface area contributed by atoms with Crippen LogP contribution in [0, 0.1) is 0 Å². The van der Waals surface area contributed by atoms with Crippen LogP contribution in [0.4, 0.5) is 5.82 Å². The number of amides is 1. The molecule has 1 amide bonds. The average molecular weight is 570 g/mol. The van der Waals surface area contributed by atoms with E-state index in [0.29, 0.717) is 60.8 Å². The van der Waals surface area contributed by atoms with Gasteiger partial charge in [-0.15, -0.1) is 0 Å². The van der Waals surface area contributed by atoms with Gasteiger partial charge in [0.2, 0.25) is 0 Å². The van der Waals surface area contributed by atoms with Gasteiger partial charge in [-0.05, 0) is 37.0 Å². The third-order valence-corrected chi connectivity index (χ3v) is 8.06. The van der Waals surface area contributed by atoms with Crippen LogP contribution in [0.5, 0.6) is 5.75 Å². The zero-order chi connectivity index (χ0) is 29.1. The molecule has 0 N–H and O–H groups in total. The number of anilines is 1. The lowest BCUT2D eigenvalue weighted by molar-refractivity contribution is 0.0304. The first kappa shape index (κ1) is 27.7. The minimum Gasteiger partial charge on any atom is -0.497 e. The molecule has 2 aliphatic heterocycles. The first-order valence-corrected chi connectivity index (χ1v) is 14.5. The van der Waals surface area contributed by atoms with Crippen LogP contribution >= 0.6 is 0 Å². The van der Waals surface area contributed by atoms with Gasteiger partial charge in [-0.25, -0.2) is 4.98 Å². The minimum absolute atomic E-state index is 0.146. The van der Waals surface area contributed by atoms with E-state index in [9.17, 15) is 14.4 Å². The van der Waals surface area contributed by atoms with E-state index in [-0.39, 0.29) is 23.8 Å². The fourth-order valence-corrected chi connectivity index (χ4v) is 5.88. The molecule has 42 heavy (non-hydrogen) atoms. The standard InChI is InChI=1S/C32H35N5O5/c1-41-25-12-8-11-24(19-25)26(38)21-36-22-33-28-27(31(39)35-15-17-42-18-16-35)30(34-13-6-3-7-14-34)37(29(28)32(36)40)20-23-9-4-2-5-10-23/h2,4-5,8-12,19,22H,3,6-7,13-18,20-21H2,1H3. The molecule has 0 unspecified atom stereocenters. The number of ketones is 1. The maximum atomic E-state index is 14.2. The minimum atomic E-state index is -0.355. The summed E-state index contributed by atoms with van der Waals surface area (Å²) in [5.41, 5.74) is 2.24. The third-order valence-electron chi connectivity index (χ3n) is 8.06. The molecule has 0 atom stereocenters. The Bertz CT molecular complexity index is 1650. The number of carbonyl (C=O) groups is 2. The van der Waals surface area contributed by atoms with Gasteiger partial charge in [-0.1, -0.05) is 42.5 Å². The van der Waals surface area contributed by atoms with Gasteiger partial charge in [0.15, 0.2) is 5.78 Å². The maximum absolute atomic E-state index is 14.2. The second kappa shape index (κ2) is 12.2. The lowest BCUT2D eigenvalue weighted by Gasteiger charge is -2.32. The van der Waals surface area contributed by atoms with Crippen LogP contribution in [0.15, 0.2) is 65.7 Å². The van der Waals surface area contributed by atoms with Crippen LogP contribution in [0.3, 0.4) is 0 Å². The molecule has 10 nitrogen and oxygen atoms in total. The number of ether oxygens (including phenoxy) is 2. The van der Waals surface area contributed by atoms with Crippen molar-refractivity contribution in [3.05, 3.63) is 88.0 Å². The Kier molecular flexibility index (Phi) is 8.05. The second-order valence-electron chi connectivity index (χ2n) is 10.8. The number of hydrogen-bond donors (Lipinski definition) is 0. The fraction of sp³-hybridized carbons (Fsp3) is 0.375. The number of nitrogens with zero attached hydrogens (tertiary/aromatic N) is 5. The fourth-order valence-electron chi connectivity index (χ4n) is 5.88. The quantitative estimate of drug-likeness (QED) is 0.299. The number of rotatable bonds is 8. The van der Waals surface area contributed by atoms with E-state index in [2.05, 4.69) is 4.90 Å². The molecule has 2 aromatic carbocycles. The van der Waals surface area contributed by atoms with Crippen LogP contribution in [-0.4, -0.2) is 77.2 Å². The van der Waals surface area contributed by atoms with Crippen LogP contribution in [0.1, 0.15) is 45.5 Å². The van der Waals surface area contributed by atoms with Crippen LogP contribution in [0.2, 0.25) is 0 Å². The number of aromatic nitrogens is 3. The number of Topliss-reactive ketones (excluding diaryl/α,β-unsaturated/α-hetero) is 1. The molecule has 2 aliphatic rings. The Morgan fingerprint density at radius 1 is 0.952 bits per heavy atom. The highest BCUT2D eigenvalue weighted by atomic mass is 16.5. The van der Waals surface area contributed by atoms with Crippen LogP contribution in [0.25, 0.3) is 11.0 Å². The Hall–Kier alpha value is -4.44. The molecule has 0 bridgehead atoms. The van der Waals surface area contributed by atoms with E-state index >= 15 is 0 Å². The number of fused-ring (bicyclic) bond motifs is 1. The average Bonchev–Trinajstić information content (AvgIpc) is 3.37. The molecule has 10 heteroatoms. The van der Waals surface area contributed by atoms with Crippen LogP contribution in [-0.2, 0) is 17.8 Å². The Labute approximate surface area is 244 Å². The van der Waals surface area contributed by atoms with Crippen molar-refractivity contribution in [2.45, 2.75) is 32.4 Å². The molecule has 0 aliphatic carbocycles. The largest absolute Gasteiger partial charge is 0.497 e. The van der Waals surface area contributed by atoms with Gasteiger partial charge < -0.3 is 23.8 Å². The van der Waals surface area contributed by atoms with Gasteiger partial charge in [-0.2, -0.15) is 0 Å². The summed E-state index contributed by atoms with van der Waals surface area (Å²) in [4.78, 5) is 50.4. The third kappa shape index (κ3) is 5.42. The number of piperidine rings is 1. The number of hydrogen-bond acceptors (Lipinski definition) is 7. The summed E-state index contributed by atoms with van der Waals surface area (Å²) in [6.45, 7) is 3.70. The van der Waals surface area contributed by atoms with Gasteiger partial charge in [0.25, 0.3) is 11.5 Å².